The Kier molecular flexibility index (Phi) is 4.83. The van der Waals surface area contributed by atoms with Crippen molar-refractivity contribution in [3.63, 3.8) is 0 Å². The van der Waals surface area contributed by atoms with Crippen LogP contribution >= 0.6 is 23.2 Å². The molecule has 0 N–H and O–H groups in total. The molecule has 0 atom stereocenters. The molecule has 0 unspecified atom stereocenters. The molecule has 124 valence electrons. The molecule has 25 heavy (non-hydrogen) atoms. The predicted octanol–water partition coefficient (Wildman–Crippen LogP) is 4.32. The first-order valence-corrected chi connectivity index (χ1v) is 8.05. The van der Waals surface area contributed by atoms with Crippen LogP contribution in [0.4, 0.5) is 5.69 Å². The van der Waals surface area contributed by atoms with E-state index in [-0.39, 0.29) is 5.78 Å². The highest BCUT2D eigenvalue weighted by Gasteiger charge is 2.24. The van der Waals surface area contributed by atoms with Gasteiger partial charge in [0.25, 0.3) is 11.8 Å². The number of hydrogen-bond acceptors (Lipinski definition) is 3. The van der Waals surface area contributed by atoms with E-state index in [0.29, 0.717) is 26.9 Å². The number of ketones is 1. The zero-order valence-electron chi connectivity index (χ0n) is 12.8. The summed E-state index contributed by atoms with van der Waals surface area (Å²) in [6, 6.07) is 11.3. The average Bonchev–Trinajstić information content (AvgIpc) is 2.93. The van der Waals surface area contributed by atoms with Crippen LogP contribution in [0, 0.1) is 0 Å². The van der Waals surface area contributed by atoms with Crippen LogP contribution < -0.4 is 4.90 Å². The molecule has 2 aromatic rings. The SMILES string of the molecule is O=C(/C=C/c1c(Cl)cccc1Cl)c1ccc(N2C(=O)C=CC2=O)cc1. The standard InChI is InChI=1S/C19H11Cl2NO3/c20-15-2-1-3-16(21)14(15)8-9-17(23)12-4-6-13(7-5-12)22-18(24)10-11-19(22)25/h1-11H/b9-8+. The molecule has 1 aliphatic rings. The first kappa shape index (κ1) is 17.1. The van der Waals surface area contributed by atoms with Crippen LogP contribution in [-0.2, 0) is 9.59 Å². The van der Waals surface area contributed by atoms with E-state index in [1.54, 1.807) is 48.5 Å². The van der Waals surface area contributed by atoms with E-state index in [4.69, 9.17) is 23.2 Å². The Morgan fingerprint density at radius 2 is 1.44 bits per heavy atom. The highest BCUT2D eigenvalue weighted by molar-refractivity contribution is 6.37. The second-order valence-electron chi connectivity index (χ2n) is 5.23. The quantitative estimate of drug-likeness (QED) is 0.456. The number of carbonyl (C=O) groups excluding carboxylic acids is 3. The van der Waals surface area contributed by atoms with E-state index in [9.17, 15) is 14.4 Å². The molecular formula is C19H11Cl2NO3. The molecule has 2 aromatic carbocycles. The molecular weight excluding hydrogens is 361 g/mol. The van der Waals surface area contributed by atoms with Crippen LogP contribution in [0.25, 0.3) is 6.08 Å². The van der Waals surface area contributed by atoms with Gasteiger partial charge in [0.15, 0.2) is 5.78 Å². The maximum absolute atomic E-state index is 12.3. The van der Waals surface area contributed by atoms with Crippen molar-refractivity contribution in [2.24, 2.45) is 0 Å². The first-order valence-electron chi connectivity index (χ1n) is 7.30. The van der Waals surface area contributed by atoms with Gasteiger partial charge in [0.1, 0.15) is 0 Å². The van der Waals surface area contributed by atoms with Gasteiger partial charge in [0.05, 0.1) is 5.69 Å². The van der Waals surface area contributed by atoms with Gasteiger partial charge < -0.3 is 0 Å². The van der Waals surface area contributed by atoms with Crippen LogP contribution in [0.15, 0.2) is 60.7 Å². The van der Waals surface area contributed by atoms with Crippen LogP contribution in [0.5, 0.6) is 0 Å². The highest BCUT2D eigenvalue weighted by atomic mass is 35.5. The van der Waals surface area contributed by atoms with Crippen LogP contribution in [0.2, 0.25) is 10.0 Å². The zero-order chi connectivity index (χ0) is 18.0. The lowest BCUT2D eigenvalue weighted by molar-refractivity contribution is -0.119. The van der Waals surface area contributed by atoms with Crippen molar-refractivity contribution in [3.8, 4) is 0 Å². The van der Waals surface area contributed by atoms with Crippen molar-refractivity contribution < 1.29 is 14.4 Å². The fraction of sp³-hybridized carbons (Fsp3) is 0. The zero-order valence-corrected chi connectivity index (χ0v) is 14.3. The molecule has 6 heteroatoms. The monoisotopic (exact) mass is 371 g/mol. The van der Waals surface area contributed by atoms with Gasteiger partial charge in [-0.15, -0.1) is 0 Å². The summed E-state index contributed by atoms with van der Waals surface area (Å²) in [5.74, 6) is -1.06. The minimum atomic E-state index is -0.405. The average molecular weight is 372 g/mol. The molecule has 0 aliphatic carbocycles. The van der Waals surface area contributed by atoms with Crippen molar-refractivity contribution in [3.05, 3.63) is 81.9 Å². The number of halogens is 2. The number of allylic oxidation sites excluding steroid dienone is 1. The third-order valence-corrected chi connectivity index (χ3v) is 4.28. The van der Waals surface area contributed by atoms with Gasteiger partial charge in [-0.1, -0.05) is 29.3 Å². The Morgan fingerprint density at radius 3 is 2.00 bits per heavy atom. The van der Waals surface area contributed by atoms with E-state index in [0.717, 1.165) is 4.90 Å². The lowest BCUT2D eigenvalue weighted by Gasteiger charge is -2.13. The van der Waals surface area contributed by atoms with Crippen molar-refractivity contribution >= 4 is 52.6 Å². The van der Waals surface area contributed by atoms with Crippen molar-refractivity contribution in [2.75, 3.05) is 4.90 Å². The van der Waals surface area contributed by atoms with Gasteiger partial charge in [-0.05, 0) is 48.6 Å². The summed E-state index contributed by atoms with van der Waals surface area (Å²) in [6.45, 7) is 0. The van der Waals surface area contributed by atoms with Gasteiger partial charge in [-0.3, -0.25) is 14.4 Å². The minimum Gasteiger partial charge on any atom is -0.289 e. The second kappa shape index (κ2) is 7.05. The van der Waals surface area contributed by atoms with Crippen LogP contribution in [0.1, 0.15) is 15.9 Å². The van der Waals surface area contributed by atoms with Gasteiger partial charge >= 0.3 is 0 Å². The van der Waals surface area contributed by atoms with Gasteiger partial charge in [0.2, 0.25) is 0 Å². The van der Waals surface area contributed by atoms with Crippen molar-refractivity contribution in [1.82, 2.24) is 0 Å². The third kappa shape index (κ3) is 3.55. The Hall–Kier alpha value is -2.69. The molecule has 0 saturated carbocycles. The number of benzene rings is 2. The number of rotatable bonds is 4. The summed E-state index contributed by atoms with van der Waals surface area (Å²) in [5.41, 5.74) is 1.39. The fourth-order valence-corrected chi connectivity index (χ4v) is 2.88. The van der Waals surface area contributed by atoms with Gasteiger partial charge in [-0.2, -0.15) is 0 Å². The topological polar surface area (TPSA) is 54.5 Å². The molecule has 0 saturated heterocycles. The van der Waals surface area contributed by atoms with Crippen LogP contribution in [-0.4, -0.2) is 17.6 Å². The number of amides is 2. The third-order valence-electron chi connectivity index (χ3n) is 3.62. The molecule has 0 fully saturated rings. The largest absolute Gasteiger partial charge is 0.289 e. The molecule has 1 heterocycles. The number of anilines is 1. The van der Waals surface area contributed by atoms with Crippen molar-refractivity contribution in [2.45, 2.75) is 0 Å². The van der Waals surface area contributed by atoms with E-state index >= 15 is 0 Å². The van der Waals surface area contributed by atoms with Crippen molar-refractivity contribution in [1.29, 1.82) is 0 Å². The maximum Gasteiger partial charge on any atom is 0.258 e. The lowest BCUT2D eigenvalue weighted by Crippen LogP contribution is -2.29. The Morgan fingerprint density at radius 1 is 0.880 bits per heavy atom. The summed E-state index contributed by atoms with van der Waals surface area (Å²) >= 11 is 12.1. The summed E-state index contributed by atoms with van der Waals surface area (Å²) < 4.78 is 0. The Balaban J connectivity index is 1.78. The molecule has 0 aromatic heterocycles. The molecule has 2 amide bonds. The number of imide groups is 1. The normalized spacial score (nSPS) is 13.9. The molecule has 0 spiro atoms. The summed E-state index contributed by atoms with van der Waals surface area (Å²) in [4.78, 5) is 36.6. The summed E-state index contributed by atoms with van der Waals surface area (Å²) in [5, 5.41) is 0.899. The molecule has 0 radical (unpaired) electrons. The van der Waals surface area contributed by atoms with Gasteiger partial charge in [-0.25, -0.2) is 4.90 Å². The smallest absolute Gasteiger partial charge is 0.258 e. The number of hydrogen-bond donors (Lipinski definition) is 0. The Labute approximate surface area is 154 Å². The van der Waals surface area contributed by atoms with E-state index in [2.05, 4.69) is 0 Å². The van der Waals surface area contributed by atoms with Crippen LogP contribution in [0.3, 0.4) is 0 Å². The minimum absolute atomic E-state index is 0.250. The first-order chi connectivity index (χ1) is 12.0. The maximum atomic E-state index is 12.3. The molecule has 4 nitrogen and oxygen atoms in total. The molecule has 1 aliphatic heterocycles. The Bertz CT molecular complexity index is 892. The fourth-order valence-electron chi connectivity index (χ4n) is 2.35. The lowest BCUT2D eigenvalue weighted by atomic mass is 10.1. The predicted molar refractivity (Wildman–Crippen MR) is 97.9 cm³/mol. The summed E-state index contributed by atoms with van der Waals surface area (Å²) in [6.07, 6.45) is 5.34. The van der Waals surface area contributed by atoms with E-state index in [1.807, 2.05) is 0 Å². The highest BCUT2D eigenvalue weighted by Crippen LogP contribution is 2.26. The van der Waals surface area contributed by atoms with Gasteiger partial charge in [0, 0.05) is 33.3 Å². The number of carbonyl (C=O) groups is 3. The molecule has 0 bridgehead atoms. The number of nitrogens with zero attached hydrogens (tertiary/aromatic N) is 1. The molecule has 3 rings (SSSR count). The second-order valence-corrected chi connectivity index (χ2v) is 6.04. The van der Waals surface area contributed by atoms with E-state index < -0.39 is 11.8 Å². The van der Waals surface area contributed by atoms with E-state index in [1.165, 1.54) is 18.2 Å². The summed E-state index contributed by atoms with van der Waals surface area (Å²) in [7, 11) is 0.